The van der Waals surface area contributed by atoms with Crippen molar-refractivity contribution in [2.45, 2.75) is 32.6 Å². The van der Waals surface area contributed by atoms with Gasteiger partial charge in [0.2, 0.25) is 0 Å². The van der Waals surface area contributed by atoms with Crippen molar-refractivity contribution in [1.82, 2.24) is 0 Å². The number of phenols is 1. The highest BCUT2D eigenvalue weighted by molar-refractivity contribution is 6.63. The summed E-state index contributed by atoms with van der Waals surface area (Å²) in [7, 11) is 0.757. The van der Waals surface area contributed by atoms with E-state index in [1.54, 1.807) is 12.1 Å². The molecule has 106 valence electrons. The van der Waals surface area contributed by atoms with Crippen LogP contribution in [0.3, 0.4) is 0 Å². The summed E-state index contributed by atoms with van der Waals surface area (Å²) in [5, 5.41) is 9.25. The summed E-state index contributed by atoms with van der Waals surface area (Å²) >= 11 is 0. The molecule has 0 aliphatic heterocycles. The van der Waals surface area contributed by atoms with E-state index in [9.17, 15) is 5.11 Å². The molecule has 1 N–H and O–H groups in total. The van der Waals surface area contributed by atoms with Crippen molar-refractivity contribution in [3.05, 3.63) is 36.4 Å². The van der Waals surface area contributed by atoms with Crippen LogP contribution in [0.1, 0.15) is 5.56 Å². The van der Waals surface area contributed by atoms with Crippen molar-refractivity contribution in [3.8, 4) is 11.5 Å². The van der Waals surface area contributed by atoms with E-state index in [-0.39, 0.29) is 23.8 Å². The fourth-order valence-electron chi connectivity index (χ4n) is 1.42. The normalized spacial score (nSPS) is 10.1. The smallest absolute Gasteiger partial charge is 0.191 e. The van der Waals surface area contributed by atoms with E-state index in [1.165, 1.54) is 7.11 Å². The zero-order chi connectivity index (χ0) is 14.8. The summed E-state index contributed by atoms with van der Waals surface area (Å²) in [6.45, 7) is 12.3. The fraction of sp³-hybridized carbons (Fsp3) is 0.429. The van der Waals surface area contributed by atoms with Gasteiger partial charge in [0.05, 0.1) is 7.11 Å². The zero-order valence-corrected chi connectivity index (χ0v) is 14.5. The number of hydrogen-bond donors (Lipinski definition) is 1. The predicted molar refractivity (Wildman–Crippen MR) is 84.6 cm³/mol. The Bertz CT molecular complexity index is 373. The van der Waals surface area contributed by atoms with Crippen LogP contribution in [0, 0.1) is 0 Å². The van der Waals surface area contributed by atoms with Crippen LogP contribution in [0.2, 0.25) is 26.2 Å². The first kappa shape index (κ1) is 18.0. The Morgan fingerprint density at radius 3 is 2.16 bits per heavy atom. The number of rotatable bonds is 5. The van der Waals surface area contributed by atoms with Crippen molar-refractivity contribution in [2.24, 2.45) is 0 Å². The van der Waals surface area contributed by atoms with Crippen LogP contribution in [0.5, 0.6) is 11.5 Å². The molecule has 0 spiro atoms. The summed E-state index contributed by atoms with van der Waals surface area (Å²) in [4.78, 5) is 0. The second-order valence-corrected chi connectivity index (χ2v) is 8.87. The van der Waals surface area contributed by atoms with Gasteiger partial charge in [0, 0.05) is 0 Å². The summed E-state index contributed by atoms with van der Waals surface area (Å²) in [6.07, 6.45) is 2.60. The van der Waals surface area contributed by atoms with Crippen molar-refractivity contribution < 1.29 is 14.0 Å². The van der Waals surface area contributed by atoms with Gasteiger partial charge in [0.1, 0.15) is 0 Å². The van der Waals surface area contributed by atoms with Crippen LogP contribution in [0.25, 0.3) is 0 Å². The molecule has 3 nitrogen and oxygen atoms in total. The molecule has 0 heterocycles. The van der Waals surface area contributed by atoms with E-state index < -0.39 is 0 Å². The predicted octanol–water partition coefficient (Wildman–Crippen LogP) is 3.63. The Morgan fingerprint density at radius 1 is 1.21 bits per heavy atom. The Balaban J connectivity index is 0.000000399. The van der Waals surface area contributed by atoms with Crippen LogP contribution in [-0.2, 0) is 10.5 Å². The molecule has 0 bridgehead atoms. The lowest BCUT2D eigenvalue weighted by Gasteiger charge is -2.05. The summed E-state index contributed by atoms with van der Waals surface area (Å²) in [5.41, 5.74) is 1.08. The maximum atomic E-state index is 9.25. The van der Waals surface area contributed by atoms with Gasteiger partial charge in [-0.25, -0.2) is 0 Å². The average Bonchev–Trinajstić information content (AvgIpc) is 2.31. The number of allylic oxidation sites excluding steroid dienone is 1. The number of benzene rings is 1. The second kappa shape index (κ2) is 9.83. The van der Waals surface area contributed by atoms with Crippen LogP contribution in [-0.4, -0.2) is 30.3 Å². The zero-order valence-electron chi connectivity index (χ0n) is 12.5. The Kier molecular flexibility index (Phi) is 9.29. The number of phenolic OH excluding ortho intramolecular Hbond substituents is 1. The molecule has 0 aromatic heterocycles. The highest BCUT2D eigenvalue weighted by Gasteiger charge is 2.00. The lowest BCUT2D eigenvalue weighted by atomic mass is 10.1. The quantitative estimate of drug-likeness (QED) is 0.666. The van der Waals surface area contributed by atoms with Gasteiger partial charge in [-0.3, -0.25) is 0 Å². The van der Waals surface area contributed by atoms with Crippen molar-refractivity contribution >= 4 is 18.1 Å². The highest BCUT2D eigenvalue weighted by atomic mass is 28.4. The molecule has 0 fully saturated rings. The van der Waals surface area contributed by atoms with Crippen LogP contribution in [0.15, 0.2) is 30.9 Å². The third kappa shape index (κ3) is 8.63. The lowest BCUT2D eigenvalue weighted by Crippen LogP contribution is -2.17. The molecule has 19 heavy (non-hydrogen) atoms. The van der Waals surface area contributed by atoms with Crippen LogP contribution in [0.4, 0.5) is 0 Å². The van der Waals surface area contributed by atoms with Gasteiger partial charge in [-0.05, 0) is 50.3 Å². The molecule has 0 atom stereocenters. The maximum Gasteiger partial charge on any atom is 0.191 e. The number of aromatic hydroxyl groups is 1. The minimum Gasteiger partial charge on any atom is -0.504 e. The van der Waals surface area contributed by atoms with E-state index in [2.05, 4.69) is 32.8 Å². The van der Waals surface area contributed by atoms with Gasteiger partial charge in [-0.15, -0.1) is 6.58 Å². The molecule has 1 aromatic rings. The monoisotopic (exact) mass is 296 g/mol. The summed E-state index contributed by atoms with van der Waals surface area (Å²) in [5.74, 6) is 0.680. The molecule has 1 rings (SSSR count). The molecule has 2 radical (unpaired) electrons. The SMILES string of the molecule is C=CCc1ccc(O)c(OC)c1.C[Si](C)O[Si](C)C. The van der Waals surface area contributed by atoms with E-state index in [1.807, 2.05) is 12.1 Å². The average molecular weight is 297 g/mol. The molecule has 1 aromatic carbocycles. The molecule has 0 amide bonds. The molecular formula is C14H24O3Si2. The first-order valence-electron chi connectivity index (χ1n) is 6.15. The maximum absolute atomic E-state index is 9.25. The van der Waals surface area contributed by atoms with E-state index >= 15 is 0 Å². The van der Waals surface area contributed by atoms with E-state index in [4.69, 9.17) is 8.85 Å². The standard InChI is InChI=1S/C10H12O2.C4H12OSi2/c1-3-4-8-5-6-9(11)10(7-8)12-2;1-6(2)5-7(3)4/h3,5-7,11H,1,4H2,2H3;1-4H3. The van der Waals surface area contributed by atoms with Gasteiger partial charge in [0.25, 0.3) is 0 Å². The van der Waals surface area contributed by atoms with Gasteiger partial charge >= 0.3 is 0 Å². The van der Waals surface area contributed by atoms with Crippen molar-refractivity contribution in [3.63, 3.8) is 0 Å². The first-order chi connectivity index (χ1) is 8.90. The number of methoxy groups -OCH3 is 1. The van der Waals surface area contributed by atoms with Gasteiger partial charge in [0.15, 0.2) is 29.6 Å². The fourth-order valence-corrected chi connectivity index (χ4v) is 4.69. The minimum atomic E-state index is -0.389. The van der Waals surface area contributed by atoms with Crippen LogP contribution >= 0.6 is 0 Å². The van der Waals surface area contributed by atoms with Gasteiger partial charge < -0.3 is 14.0 Å². The molecular weight excluding hydrogens is 272 g/mol. The van der Waals surface area contributed by atoms with Gasteiger partial charge in [-0.1, -0.05) is 12.1 Å². The van der Waals surface area contributed by atoms with Crippen molar-refractivity contribution in [2.75, 3.05) is 7.11 Å². The Labute approximate surface area is 120 Å². The van der Waals surface area contributed by atoms with Crippen molar-refractivity contribution in [1.29, 1.82) is 0 Å². The third-order valence-corrected chi connectivity index (χ3v) is 5.30. The summed E-state index contributed by atoms with van der Waals surface area (Å²) < 4.78 is 10.4. The Morgan fingerprint density at radius 2 is 1.79 bits per heavy atom. The minimum absolute atomic E-state index is 0.172. The first-order valence-corrected chi connectivity index (χ1v) is 11.0. The van der Waals surface area contributed by atoms with Crippen LogP contribution < -0.4 is 4.74 Å². The molecule has 0 aliphatic carbocycles. The molecule has 0 saturated heterocycles. The molecule has 0 unspecified atom stereocenters. The lowest BCUT2D eigenvalue weighted by molar-refractivity contribution is 0.373. The summed E-state index contributed by atoms with van der Waals surface area (Å²) in [6, 6.07) is 5.27. The Hall–Kier alpha value is -1.05. The number of hydrogen-bond acceptors (Lipinski definition) is 3. The molecule has 0 saturated carbocycles. The van der Waals surface area contributed by atoms with E-state index in [0.29, 0.717) is 5.75 Å². The topological polar surface area (TPSA) is 38.7 Å². The second-order valence-electron chi connectivity index (χ2n) is 4.42. The highest BCUT2D eigenvalue weighted by Crippen LogP contribution is 2.26. The largest absolute Gasteiger partial charge is 0.504 e. The molecule has 5 heteroatoms. The van der Waals surface area contributed by atoms with Gasteiger partial charge in [-0.2, -0.15) is 0 Å². The van der Waals surface area contributed by atoms with E-state index in [0.717, 1.165) is 12.0 Å². The third-order valence-electron chi connectivity index (χ3n) is 2.03. The number of ether oxygens (including phenoxy) is 1. The molecule has 0 aliphatic rings.